The second kappa shape index (κ2) is 8.30. The highest BCUT2D eigenvalue weighted by Gasteiger charge is 2.32. The van der Waals surface area contributed by atoms with E-state index in [2.05, 4.69) is 10.6 Å². The van der Waals surface area contributed by atoms with Crippen molar-refractivity contribution in [2.45, 2.75) is 19.4 Å². The molecule has 2 aliphatic rings. The summed E-state index contributed by atoms with van der Waals surface area (Å²) in [5, 5.41) is 5.64. The fourth-order valence-corrected chi connectivity index (χ4v) is 3.41. The third kappa shape index (κ3) is 4.37. The van der Waals surface area contributed by atoms with Crippen LogP contribution in [0.3, 0.4) is 0 Å². The molecule has 8 heteroatoms. The fourth-order valence-electron chi connectivity index (χ4n) is 3.41. The largest absolute Gasteiger partial charge is 0.494 e. The van der Waals surface area contributed by atoms with Gasteiger partial charge in [-0.2, -0.15) is 0 Å². The van der Waals surface area contributed by atoms with Crippen LogP contribution >= 0.6 is 0 Å². The first-order valence-corrected chi connectivity index (χ1v) is 9.63. The third-order valence-electron chi connectivity index (χ3n) is 4.72. The van der Waals surface area contributed by atoms with Crippen molar-refractivity contribution < 1.29 is 23.8 Å². The lowest BCUT2D eigenvalue weighted by Crippen LogP contribution is -2.39. The van der Waals surface area contributed by atoms with E-state index in [0.29, 0.717) is 43.6 Å². The number of anilines is 2. The van der Waals surface area contributed by atoms with E-state index in [1.54, 1.807) is 41.3 Å². The zero-order chi connectivity index (χ0) is 20.2. The van der Waals surface area contributed by atoms with Crippen molar-refractivity contribution >= 4 is 23.3 Å². The van der Waals surface area contributed by atoms with Crippen LogP contribution in [0, 0.1) is 0 Å². The molecule has 1 fully saturated rings. The summed E-state index contributed by atoms with van der Waals surface area (Å²) >= 11 is 0. The molecule has 8 nitrogen and oxygen atoms in total. The van der Waals surface area contributed by atoms with Crippen molar-refractivity contribution in [3.05, 3.63) is 42.5 Å². The average Bonchev–Trinajstić information content (AvgIpc) is 3.09. The van der Waals surface area contributed by atoms with E-state index in [0.717, 1.165) is 11.4 Å². The lowest BCUT2D eigenvalue weighted by Gasteiger charge is -2.22. The zero-order valence-corrected chi connectivity index (χ0v) is 16.1. The number of amides is 3. The van der Waals surface area contributed by atoms with Crippen molar-refractivity contribution in [3.63, 3.8) is 0 Å². The van der Waals surface area contributed by atoms with Crippen LogP contribution in [0.4, 0.5) is 16.2 Å². The molecule has 2 aliphatic heterocycles. The number of nitrogens with one attached hydrogen (secondary N) is 2. The third-order valence-corrected chi connectivity index (χ3v) is 4.72. The van der Waals surface area contributed by atoms with Crippen molar-refractivity contribution in [2.75, 3.05) is 36.6 Å². The summed E-state index contributed by atoms with van der Waals surface area (Å²) < 4.78 is 16.5. The van der Waals surface area contributed by atoms with Crippen molar-refractivity contribution in [1.82, 2.24) is 5.32 Å². The molecule has 4 rings (SSSR count). The zero-order valence-electron chi connectivity index (χ0n) is 16.1. The number of benzene rings is 2. The summed E-state index contributed by atoms with van der Waals surface area (Å²) in [4.78, 5) is 26.4. The summed E-state index contributed by atoms with van der Waals surface area (Å²) in [6, 6.07) is 11.9. The predicted octanol–water partition coefficient (Wildman–Crippen LogP) is 2.78. The Hall–Kier alpha value is -3.42. The average molecular weight is 397 g/mol. The quantitative estimate of drug-likeness (QED) is 0.810. The van der Waals surface area contributed by atoms with Gasteiger partial charge in [-0.3, -0.25) is 4.79 Å². The highest BCUT2D eigenvalue weighted by molar-refractivity contribution is 5.98. The second-order valence-corrected chi connectivity index (χ2v) is 6.79. The molecule has 2 aromatic rings. The van der Waals surface area contributed by atoms with Gasteiger partial charge < -0.3 is 29.7 Å². The standard InChI is InChI=1S/C21H23N3O5/c1-2-27-17-6-3-14(4-7-17)22-21(26)23-15-11-20(25)24(13-15)16-5-8-18-19(12-16)29-10-9-28-18/h3-8,12,15H,2,9-11,13H2,1H3,(H2,22,23,26)/t15-/m1/s1. The van der Waals surface area contributed by atoms with E-state index in [9.17, 15) is 9.59 Å². The summed E-state index contributed by atoms with van der Waals surface area (Å²) in [5.74, 6) is 2.00. The first kappa shape index (κ1) is 18.9. The van der Waals surface area contributed by atoms with Gasteiger partial charge in [0.2, 0.25) is 5.91 Å². The Morgan fingerprint density at radius 2 is 1.90 bits per heavy atom. The molecule has 0 aliphatic carbocycles. The molecular formula is C21H23N3O5. The maximum atomic E-state index is 12.5. The van der Waals surface area contributed by atoms with E-state index >= 15 is 0 Å². The number of ether oxygens (including phenoxy) is 3. The maximum absolute atomic E-state index is 12.5. The smallest absolute Gasteiger partial charge is 0.319 e. The van der Waals surface area contributed by atoms with Gasteiger partial charge in [0.1, 0.15) is 19.0 Å². The summed E-state index contributed by atoms with van der Waals surface area (Å²) in [6.07, 6.45) is 0.241. The molecule has 2 heterocycles. The van der Waals surface area contributed by atoms with Crippen LogP contribution < -0.4 is 29.7 Å². The fraction of sp³-hybridized carbons (Fsp3) is 0.333. The number of urea groups is 1. The lowest BCUT2D eigenvalue weighted by atomic mass is 10.2. The highest BCUT2D eigenvalue weighted by Crippen LogP contribution is 2.35. The Balaban J connectivity index is 1.35. The van der Waals surface area contributed by atoms with Gasteiger partial charge in [-0.05, 0) is 43.3 Å². The van der Waals surface area contributed by atoms with Gasteiger partial charge >= 0.3 is 6.03 Å². The maximum Gasteiger partial charge on any atom is 0.319 e. The Bertz CT molecular complexity index is 900. The van der Waals surface area contributed by atoms with Crippen LogP contribution in [0.2, 0.25) is 0 Å². The molecule has 0 unspecified atom stereocenters. The summed E-state index contributed by atoms with van der Waals surface area (Å²) in [5.41, 5.74) is 1.38. The van der Waals surface area contributed by atoms with E-state index in [-0.39, 0.29) is 24.4 Å². The Kier molecular flexibility index (Phi) is 5.41. The Morgan fingerprint density at radius 3 is 2.66 bits per heavy atom. The lowest BCUT2D eigenvalue weighted by molar-refractivity contribution is -0.117. The SMILES string of the molecule is CCOc1ccc(NC(=O)N[C@@H]2CC(=O)N(c3ccc4c(c3)OCCO4)C2)cc1. The number of nitrogens with zero attached hydrogens (tertiary/aromatic N) is 1. The minimum atomic E-state index is -0.351. The van der Waals surface area contributed by atoms with Gasteiger partial charge in [-0.25, -0.2) is 4.79 Å². The van der Waals surface area contributed by atoms with Gasteiger partial charge in [-0.1, -0.05) is 0 Å². The molecule has 0 spiro atoms. The van der Waals surface area contributed by atoms with E-state index < -0.39 is 0 Å². The number of carbonyl (C=O) groups excluding carboxylic acids is 2. The second-order valence-electron chi connectivity index (χ2n) is 6.79. The summed E-state index contributed by atoms with van der Waals surface area (Å²) in [6.45, 7) is 3.90. The number of hydrogen-bond donors (Lipinski definition) is 2. The molecule has 3 amide bonds. The van der Waals surface area contributed by atoms with Crippen LogP contribution in [0.25, 0.3) is 0 Å². The molecule has 0 bridgehead atoms. The topological polar surface area (TPSA) is 89.1 Å². The molecular weight excluding hydrogens is 374 g/mol. The van der Waals surface area contributed by atoms with Gasteiger partial charge in [0, 0.05) is 30.4 Å². The molecule has 29 heavy (non-hydrogen) atoms. The summed E-state index contributed by atoms with van der Waals surface area (Å²) in [7, 11) is 0. The van der Waals surface area contributed by atoms with E-state index in [4.69, 9.17) is 14.2 Å². The molecule has 2 aromatic carbocycles. The number of fused-ring (bicyclic) bond motifs is 1. The number of rotatable bonds is 5. The van der Waals surface area contributed by atoms with Gasteiger partial charge in [0.15, 0.2) is 11.5 Å². The Morgan fingerprint density at radius 1 is 1.14 bits per heavy atom. The minimum absolute atomic E-state index is 0.0481. The number of carbonyl (C=O) groups is 2. The normalized spacial score (nSPS) is 17.8. The first-order chi connectivity index (χ1) is 14.1. The molecule has 1 atom stereocenters. The highest BCUT2D eigenvalue weighted by atomic mass is 16.6. The Labute approximate surface area is 168 Å². The monoisotopic (exact) mass is 397 g/mol. The van der Waals surface area contributed by atoms with Crippen LogP contribution in [-0.2, 0) is 4.79 Å². The van der Waals surface area contributed by atoms with Crippen molar-refractivity contribution in [2.24, 2.45) is 0 Å². The van der Waals surface area contributed by atoms with Crippen LogP contribution in [0.5, 0.6) is 17.2 Å². The molecule has 0 saturated carbocycles. The van der Waals surface area contributed by atoms with Gasteiger partial charge in [-0.15, -0.1) is 0 Å². The van der Waals surface area contributed by atoms with Crippen LogP contribution in [-0.4, -0.2) is 44.3 Å². The molecule has 1 saturated heterocycles. The van der Waals surface area contributed by atoms with Crippen molar-refractivity contribution in [3.8, 4) is 17.2 Å². The van der Waals surface area contributed by atoms with Crippen LogP contribution in [0.1, 0.15) is 13.3 Å². The molecule has 0 aromatic heterocycles. The van der Waals surface area contributed by atoms with Gasteiger partial charge in [0.05, 0.1) is 12.6 Å². The molecule has 152 valence electrons. The van der Waals surface area contributed by atoms with Crippen molar-refractivity contribution in [1.29, 1.82) is 0 Å². The number of hydrogen-bond acceptors (Lipinski definition) is 5. The first-order valence-electron chi connectivity index (χ1n) is 9.63. The molecule has 2 N–H and O–H groups in total. The van der Waals surface area contributed by atoms with E-state index in [1.165, 1.54) is 0 Å². The molecule has 0 radical (unpaired) electrons. The van der Waals surface area contributed by atoms with E-state index in [1.807, 2.05) is 13.0 Å². The van der Waals surface area contributed by atoms with Gasteiger partial charge in [0.25, 0.3) is 0 Å². The minimum Gasteiger partial charge on any atom is -0.494 e. The van der Waals surface area contributed by atoms with Crippen LogP contribution in [0.15, 0.2) is 42.5 Å². The predicted molar refractivity (Wildman–Crippen MR) is 108 cm³/mol.